The van der Waals surface area contributed by atoms with Crippen LogP contribution in [0.3, 0.4) is 0 Å². The van der Waals surface area contributed by atoms with Gasteiger partial charge in [0, 0.05) is 10.9 Å². The van der Waals surface area contributed by atoms with Crippen LogP contribution in [0.4, 0.5) is 5.69 Å². The first-order valence-electron chi connectivity index (χ1n) is 7.80. The number of carboxylic acid groups (broad SMARTS) is 1. The Kier molecular flexibility index (Phi) is 4.66. The van der Waals surface area contributed by atoms with Crippen molar-refractivity contribution in [2.24, 2.45) is 5.10 Å². The minimum Gasteiger partial charge on any atom is -0.496 e. The summed E-state index contributed by atoms with van der Waals surface area (Å²) in [6.45, 7) is 1.92. The van der Waals surface area contributed by atoms with Gasteiger partial charge in [-0.05, 0) is 48.7 Å². The molecular formula is C20H18N2O3. The monoisotopic (exact) mass is 334 g/mol. The quantitative estimate of drug-likeness (QED) is 0.536. The second-order valence-corrected chi connectivity index (χ2v) is 5.55. The number of rotatable bonds is 5. The normalized spacial score (nSPS) is 11.4. The average Bonchev–Trinajstić information content (AvgIpc) is 2.65. The zero-order valence-corrected chi connectivity index (χ0v) is 14.0. The van der Waals surface area contributed by atoms with Crippen LogP contribution in [-0.4, -0.2) is 23.9 Å². The molecule has 0 amide bonds. The van der Waals surface area contributed by atoms with Crippen LogP contribution in [0, 0.1) is 0 Å². The third kappa shape index (κ3) is 3.45. The van der Waals surface area contributed by atoms with Gasteiger partial charge in [-0.15, -0.1) is 0 Å². The molecule has 5 heteroatoms. The minimum absolute atomic E-state index is 0.243. The zero-order valence-electron chi connectivity index (χ0n) is 14.0. The Morgan fingerprint density at radius 1 is 1.00 bits per heavy atom. The van der Waals surface area contributed by atoms with Crippen molar-refractivity contribution in [3.05, 3.63) is 71.8 Å². The number of carboxylic acids is 1. The fourth-order valence-corrected chi connectivity index (χ4v) is 2.66. The number of hydrazone groups is 1. The van der Waals surface area contributed by atoms with Gasteiger partial charge in [0.25, 0.3) is 0 Å². The summed E-state index contributed by atoms with van der Waals surface area (Å²) in [7, 11) is 1.66. The fourth-order valence-electron chi connectivity index (χ4n) is 2.66. The lowest BCUT2D eigenvalue weighted by Gasteiger charge is -2.10. The summed E-state index contributed by atoms with van der Waals surface area (Å²) in [5.41, 5.74) is 5.76. The van der Waals surface area contributed by atoms with Crippen molar-refractivity contribution in [1.29, 1.82) is 0 Å². The van der Waals surface area contributed by atoms with E-state index in [0.29, 0.717) is 0 Å². The van der Waals surface area contributed by atoms with Crippen LogP contribution in [0.25, 0.3) is 10.8 Å². The van der Waals surface area contributed by atoms with Crippen molar-refractivity contribution in [3.63, 3.8) is 0 Å². The van der Waals surface area contributed by atoms with Crippen molar-refractivity contribution >= 4 is 28.1 Å². The molecule has 3 rings (SSSR count). The molecule has 0 spiro atoms. The highest BCUT2D eigenvalue weighted by atomic mass is 16.5. The largest absolute Gasteiger partial charge is 0.496 e. The number of nitrogens with zero attached hydrogens (tertiary/aromatic N) is 1. The van der Waals surface area contributed by atoms with E-state index < -0.39 is 5.97 Å². The van der Waals surface area contributed by atoms with Crippen molar-refractivity contribution in [2.75, 3.05) is 12.5 Å². The number of hydrogen-bond donors (Lipinski definition) is 2. The van der Waals surface area contributed by atoms with Gasteiger partial charge in [0.05, 0.1) is 24.1 Å². The molecule has 0 heterocycles. The molecule has 25 heavy (non-hydrogen) atoms. The molecule has 5 nitrogen and oxygen atoms in total. The van der Waals surface area contributed by atoms with Crippen LogP contribution < -0.4 is 10.2 Å². The Balaban J connectivity index is 1.90. The van der Waals surface area contributed by atoms with E-state index in [4.69, 9.17) is 9.84 Å². The zero-order chi connectivity index (χ0) is 17.8. The summed E-state index contributed by atoms with van der Waals surface area (Å²) < 4.78 is 5.42. The van der Waals surface area contributed by atoms with Crippen molar-refractivity contribution in [1.82, 2.24) is 0 Å². The summed E-state index contributed by atoms with van der Waals surface area (Å²) >= 11 is 0. The highest BCUT2D eigenvalue weighted by Crippen LogP contribution is 2.28. The lowest BCUT2D eigenvalue weighted by Crippen LogP contribution is -2.02. The van der Waals surface area contributed by atoms with Crippen molar-refractivity contribution < 1.29 is 14.6 Å². The van der Waals surface area contributed by atoms with Crippen molar-refractivity contribution in [3.8, 4) is 5.75 Å². The summed E-state index contributed by atoms with van der Waals surface area (Å²) in [5, 5.41) is 15.4. The highest BCUT2D eigenvalue weighted by molar-refractivity contribution is 6.11. The van der Waals surface area contributed by atoms with E-state index in [2.05, 4.69) is 10.5 Å². The smallest absolute Gasteiger partial charge is 0.335 e. The Morgan fingerprint density at radius 2 is 1.68 bits per heavy atom. The number of benzene rings is 3. The van der Waals surface area contributed by atoms with Gasteiger partial charge in [-0.1, -0.05) is 24.3 Å². The molecule has 2 N–H and O–H groups in total. The Hall–Kier alpha value is -3.34. The van der Waals surface area contributed by atoms with Crippen LogP contribution in [0.15, 0.2) is 65.8 Å². The number of hydrogen-bond acceptors (Lipinski definition) is 4. The van der Waals surface area contributed by atoms with Gasteiger partial charge in [-0.2, -0.15) is 5.10 Å². The number of anilines is 1. The standard InChI is InChI=1S/C20H18N2O3/c1-13(21-22-15-9-7-14(8-10-15)20(23)24)16-11-12-19(25-2)18-6-4-3-5-17(16)18/h3-12,22H,1-2H3,(H,23,24)/b21-13-. The summed E-state index contributed by atoms with van der Waals surface area (Å²) in [6, 6.07) is 18.4. The SMILES string of the molecule is COc1ccc(/C(C)=N\Nc2ccc(C(=O)O)cc2)c2ccccc12. The number of nitrogens with one attached hydrogen (secondary N) is 1. The fraction of sp³-hybridized carbons (Fsp3) is 0.100. The first-order chi connectivity index (χ1) is 12.1. The van der Waals surface area contributed by atoms with Crippen LogP contribution in [-0.2, 0) is 0 Å². The first kappa shape index (κ1) is 16.5. The molecular weight excluding hydrogens is 316 g/mol. The van der Waals surface area contributed by atoms with Crippen LogP contribution in [0.5, 0.6) is 5.75 Å². The maximum Gasteiger partial charge on any atom is 0.335 e. The lowest BCUT2D eigenvalue weighted by molar-refractivity contribution is 0.0697. The molecule has 0 radical (unpaired) electrons. The lowest BCUT2D eigenvalue weighted by atomic mass is 10.0. The van der Waals surface area contributed by atoms with Gasteiger partial charge in [0.1, 0.15) is 5.75 Å². The van der Waals surface area contributed by atoms with Crippen LogP contribution in [0.1, 0.15) is 22.8 Å². The minimum atomic E-state index is -0.948. The van der Waals surface area contributed by atoms with E-state index in [1.165, 1.54) is 12.1 Å². The Morgan fingerprint density at radius 3 is 2.32 bits per heavy atom. The number of fused-ring (bicyclic) bond motifs is 1. The molecule has 0 aliphatic rings. The molecule has 0 aliphatic carbocycles. The molecule has 0 saturated heterocycles. The summed E-state index contributed by atoms with van der Waals surface area (Å²) in [6.07, 6.45) is 0. The van der Waals surface area contributed by atoms with E-state index in [-0.39, 0.29) is 5.56 Å². The highest BCUT2D eigenvalue weighted by Gasteiger charge is 2.08. The third-order valence-corrected chi connectivity index (χ3v) is 3.98. The first-order valence-corrected chi connectivity index (χ1v) is 7.80. The van der Waals surface area contributed by atoms with Crippen LogP contribution in [0.2, 0.25) is 0 Å². The average molecular weight is 334 g/mol. The molecule has 0 atom stereocenters. The second-order valence-electron chi connectivity index (χ2n) is 5.55. The summed E-state index contributed by atoms with van der Waals surface area (Å²) in [5.74, 6) is -0.125. The molecule has 3 aromatic carbocycles. The molecule has 3 aromatic rings. The second kappa shape index (κ2) is 7.05. The van der Waals surface area contributed by atoms with Gasteiger partial charge < -0.3 is 9.84 Å². The number of methoxy groups -OCH3 is 1. The maximum absolute atomic E-state index is 10.9. The van der Waals surface area contributed by atoms with Gasteiger partial charge in [0.2, 0.25) is 0 Å². The summed E-state index contributed by atoms with van der Waals surface area (Å²) in [4.78, 5) is 10.9. The van der Waals surface area contributed by atoms with E-state index >= 15 is 0 Å². The van der Waals surface area contributed by atoms with E-state index in [1.807, 2.05) is 43.3 Å². The predicted octanol–water partition coefficient (Wildman–Crippen LogP) is 4.38. The van der Waals surface area contributed by atoms with Crippen LogP contribution >= 0.6 is 0 Å². The third-order valence-electron chi connectivity index (χ3n) is 3.98. The van der Waals surface area contributed by atoms with Gasteiger partial charge in [-0.3, -0.25) is 5.43 Å². The molecule has 126 valence electrons. The number of carbonyl (C=O) groups is 1. The molecule has 0 aliphatic heterocycles. The molecule has 0 fully saturated rings. The Bertz CT molecular complexity index is 947. The molecule has 0 saturated carbocycles. The number of aromatic carboxylic acids is 1. The maximum atomic E-state index is 10.9. The van der Waals surface area contributed by atoms with Crippen molar-refractivity contribution in [2.45, 2.75) is 6.92 Å². The van der Waals surface area contributed by atoms with Gasteiger partial charge in [0.15, 0.2) is 0 Å². The predicted molar refractivity (Wildman–Crippen MR) is 99.7 cm³/mol. The topological polar surface area (TPSA) is 70.9 Å². The van der Waals surface area contributed by atoms with E-state index in [9.17, 15) is 4.79 Å². The molecule has 0 bridgehead atoms. The number of ether oxygens (including phenoxy) is 1. The van der Waals surface area contributed by atoms with E-state index in [1.54, 1.807) is 19.2 Å². The van der Waals surface area contributed by atoms with Gasteiger partial charge in [-0.25, -0.2) is 4.79 Å². The molecule has 0 aromatic heterocycles. The van der Waals surface area contributed by atoms with Gasteiger partial charge >= 0.3 is 5.97 Å². The molecule has 0 unspecified atom stereocenters. The van der Waals surface area contributed by atoms with E-state index in [0.717, 1.165) is 33.5 Å². The Labute approximate surface area is 145 Å².